The van der Waals surface area contributed by atoms with Gasteiger partial charge in [-0.3, -0.25) is 4.79 Å². The van der Waals surface area contributed by atoms with Crippen molar-refractivity contribution in [3.63, 3.8) is 0 Å². The molecule has 0 aliphatic rings. The van der Waals surface area contributed by atoms with Gasteiger partial charge in [-0.25, -0.2) is 0 Å². The Balaban J connectivity index is 2.00. The first-order valence-electron chi connectivity index (χ1n) is 6.41. The number of aryl methyl sites for hydroxylation is 1. The molecule has 2 rings (SSSR count). The average molecular weight is 291 g/mol. The molecule has 0 saturated carbocycles. The van der Waals surface area contributed by atoms with E-state index in [9.17, 15) is 9.90 Å². The number of carbonyl (C=O) groups is 1. The Morgan fingerprint density at radius 1 is 1.35 bits per heavy atom. The third kappa shape index (κ3) is 3.61. The molecule has 0 radical (unpaired) electrons. The van der Waals surface area contributed by atoms with Crippen molar-refractivity contribution in [3.05, 3.63) is 40.9 Å². The van der Waals surface area contributed by atoms with Crippen LogP contribution in [0.15, 0.2) is 30.3 Å². The minimum Gasteiger partial charge on any atom is -0.385 e. The summed E-state index contributed by atoms with van der Waals surface area (Å²) in [4.78, 5) is 12.0. The predicted octanol–water partition coefficient (Wildman–Crippen LogP) is 2.34. The molecule has 0 bridgehead atoms. The first-order valence-corrected chi connectivity index (χ1v) is 7.23. The monoisotopic (exact) mass is 291 g/mol. The Kier molecular flexibility index (Phi) is 4.46. The minimum atomic E-state index is -1.20. The smallest absolute Gasteiger partial charge is 0.229 e. The van der Waals surface area contributed by atoms with E-state index in [1.807, 2.05) is 25.1 Å². The van der Waals surface area contributed by atoms with Crippen molar-refractivity contribution in [1.82, 2.24) is 10.2 Å². The van der Waals surface area contributed by atoms with Gasteiger partial charge in [0, 0.05) is 0 Å². The number of carbonyl (C=O) groups excluding carboxylic acids is 1. The predicted molar refractivity (Wildman–Crippen MR) is 78.5 cm³/mol. The van der Waals surface area contributed by atoms with E-state index in [0.29, 0.717) is 10.7 Å². The second kappa shape index (κ2) is 6.11. The van der Waals surface area contributed by atoms with Gasteiger partial charge in [0.15, 0.2) is 0 Å². The van der Waals surface area contributed by atoms with E-state index in [1.54, 1.807) is 19.1 Å². The van der Waals surface area contributed by atoms with Gasteiger partial charge in [-0.05, 0) is 18.9 Å². The lowest BCUT2D eigenvalue weighted by atomic mass is 9.92. The highest BCUT2D eigenvalue weighted by atomic mass is 32.1. The molecule has 1 unspecified atom stereocenters. The summed E-state index contributed by atoms with van der Waals surface area (Å²) in [6, 6.07) is 9.13. The van der Waals surface area contributed by atoms with E-state index in [-0.39, 0.29) is 12.3 Å². The molecule has 1 aromatic carbocycles. The molecule has 1 aromatic heterocycles. The van der Waals surface area contributed by atoms with Crippen molar-refractivity contribution in [2.45, 2.75) is 32.3 Å². The number of hydrogen-bond acceptors (Lipinski definition) is 5. The molecule has 0 fully saturated rings. The van der Waals surface area contributed by atoms with E-state index in [2.05, 4.69) is 15.5 Å². The number of anilines is 1. The van der Waals surface area contributed by atoms with E-state index in [4.69, 9.17) is 0 Å². The Morgan fingerprint density at radius 2 is 2.05 bits per heavy atom. The van der Waals surface area contributed by atoms with Gasteiger partial charge < -0.3 is 10.4 Å². The number of rotatable bonds is 5. The number of aromatic nitrogens is 2. The summed E-state index contributed by atoms with van der Waals surface area (Å²) in [6.07, 6.45) is 0.757. The lowest BCUT2D eigenvalue weighted by Crippen LogP contribution is -2.28. The molecule has 0 aliphatic heterocycles. The number of amides is 1. The normalized spacial score (nSPS) is 13.8. The highest BCUT2D eigenvalue weighted by Crippen LogP contribution is 2.25. The van der Waals surface area contributed by atoms with Crippen LogP contribution in [0.2, 0.25) is 0 Å². The number of nitrogens with one attached hydrogen (secondary N) is 1. The van der Waals surface area contributed by atoms with Gasteiger partial charge in [-0.15, -0.1) is 10.2 Å². The first kappa shape index (κ1) is 14.6. The number of nitrogens with zero attached hydrogens (tertiary/aromatic N) is 2. The van der Waals surface area contributed by atoms with E-state index < -0.39 is 5.60 Å². The summed E-state index contributed by atoms with van der Waals surface area (Å²) in [6.45, 7) is 3.60. The SMILES string of the molecule is CCc1nnc(NC(=O)CC(C)(O)c2ccccc2)s1. The summed E-state index contributed by atoms with van der Waals surface area (Å²) >= 11 is 1.35. The van der Waals surface area contributed by atoms with Crippen LogP contribution in [0.4, 0.5) is 5.13 Å². The molecule has 6 heteroatoms. The van der Waals surface area contributed by atoms with E-state index in [0.717, 1.165) is 11.4 Å². The highest BCUT2D eigenvalue weighted by Gasteiger charge is 2.26. The summed E-state index contributed by atoms with van der Waals surface area (Å²) < 4.78 is 0. The summed E-state index contributed by atoms with van der Waals surface area (Å²) in [5.74, 6) is -0.280. The molecule has 0 saturated heterocycles. The van der Waals surface area contributed by atoms with Crippen LogP contribution in [0.1, 0.15) is 30.8 Å². The van der Waals surface area contributed by atoms with Crippen molar-refractivity contribution < 1.29 is 9.90 Å². The van der Waals surface area contributed by atoms with Crippen LogP contribution >= 0.6 is 11.3 Å². The van der Waals surface area contributed by atoms with Crippen molar-refractivity contribution in [2.24, 2.45) is 0 Å². The molecule has 20 heavy (non-hydrogen) atoms. The van der Waals surface area contributed by atoms with Crippen LogP contribution in [-0.2, 0) is 16.8 Å². The Bertz CT molecular complexity index is 581. The van der Waals surface area contributed by atoms with Gasteiger partial charge in [0.25, 0.3) is 0 Å². The molecule has 106 valence electrons. The van der Waals surface area contributed by atoms with Gasteiger partial charge in [0.05, 0.1) is 12.0 Å². The van der Waals surface area contributed by atoms with Crippen molar-refractivity contribution in [2.75, 3.05) is 5.32 Å². The van der Waals surface area contributed by atoms with Crippen molar-refractivity contribution in [1.29, 1.82) is 0 Å². The lowest BCUT2D eigenvalue weighted by Gasteiger charge is -2.22. The Labute approximate surface area is 121 Å². The van der Waals surface area contributed by atoms with Crippen LogP contribution in [-0.4, -0.2) is 21.2 Å². The fraction of sp³-hybridized carbons (Fsp3) is 0.357. The Morgan fingerprint density at radius 3 is 2.65 bits per heavy atom. The standard InChI is InChI=1S/C14H17N3O2S/c1-3-12-16-17-13(20-12)15-11(18)9-14(2,19)10-7-5-4-6-8-10/h4-8,19H,3,9H2,1-2H3,(H,15,17,18). The van der Waals surface area contributed by atoms with Crippen molar-refractivity contribution >= 4 is 22.4 Å². The van der Waals surface area contributed by atoms with Crippen molar-refractivity contribution in [3.8, 4) is 0 Å². The molecule has 2 aromatic rings. The molecule has 1 amide bonds. The Hall–Kier alpha value is -1.79. The zero-order chi connectivity index (χ0) is 14.6. The summed E-state index contributed by atoms with van der Waals surface area (Å²) in [5, 5.41) is 22.2. The van der Waals surface area contributed by atoms with Crippen LogP contribution in [0.5, 0.6) is 0 Å². The van der Waals surface area contributed by atoms with E-state index >= 15 is 0 Å². The molecule has 0 spiro atoms. The highest BCUT2D eigenvalue weighted by molar-refractivity contribution is 7.15. The number of benzene rings is 1. The number of hydrogen-bond donors (Lipinski definition) is 2. The van der Waals surface area contributed by atoms with Crippen LogP contribution < -0.4 is 5.32 Å². The first-order chi connectivity index (χ1) is 9.51. The maximum atomic E-state index is 12.0. The largest absolute Gasteiger partial charge is 0.385 e. The molecule has 1 atom stereocenters. The molecule has 0 aliphatic carbocycles. The lowest BCUT2D eigenvalue weighted by molar-refractivity contribution is -0.120. The van der Waals surface area contributed by atoms with Crippen LogP contribution in [0.3, 0.4) is 0 Å². The van der Waals surface area contributed by atoms with Crippen LogP contribution in [0.25, 0.3) is 0 Å². The van der Waals surface area contributed by atoms with Gasteiger partial charge in [0.2, 0.25) is 11.0 Å². The topological polar surface area (TPSA) is 75.1 Å². The minimum absolute atomic E-state index is 0.0297. The second-order valence-corrected chi connectivity index (χ2v) is 5.78. The average Bonchev–Trinajstić information content (AvgIpc) is 2.86. The third-order valence-corrected chi connectivity index (χ3v) is 3.90. The molecule has 5 nitrogen and oxygen atoms in total. The molecule has 2 N–H and O–H groups in total. The van der Waals surface area contributed by atoms with Gasteiger partial charge in [-0.1, -0.05) is 48.6 Å². The van der Waals surface area contributed by atoms with Gasteiger partial charge in [0.1, 0.15) is 5.01 Å². The summed E-state index contributed by atoms with van der Waals surface area (Å²) in [5.41, 5.74) is -0.495. The van der Waals surface area contributed by atoms with Gasteiger partial charge >= 0.3 is 0 Å². The maximum Gasteiger partial charge on any atom is 0.229 e. The second-order valence-electron chi connectivity index (χ2n) is 4.72. The molecule has 1 heterocycles. The summed E-state index contributed by atoms with van der Waals surface area (Å²) in [7, 11) is 0. The third-order valence-electron chi connectivity index (χ3n) is 2.92. The number of aliphatic hydroxyl groups is 1. The fourth-order valence-corrected chi connectivity index (χ4v) is 2.52. The molecular formula is C14H17N3O2S. The zero-order valence-corrected chi connectivity index (χ0v) is 12.3. The fourth-order valence-electron chi connectivity index (χ4n) is 1.82. The molecular weight excluding hydrogens is 274 g/mol. The quantitative estimate of drug-likeness (QED) is 0.886. The van der Waals surface area contributed by atoms with E-state index in [1.165, 1.54) is 11.3 Å². The van der Waals surface area contributed by atoms with Gasteiger partial charge in [-0.2, -0.15) is 0 Å². The maximum absolute atomic E-state index is 12.0. The van der Waals surface area contributed by atoms with Crippen LogP contribution in [0, 0.1) is 0 Å². The zero-order valence-electron chi connectivity index (χ0n) is 11.5.